The predicted molar refractivity (Wildman–Crippen MR) is 76.7 cm³/mol. The lowest BCUT2D eigenvalue weighted by atomic mass is 10.1. The molecule has 4 nitrogen and oxygen atoms in total. The van der Waals surface area contributed by atoms with Gasteiger partial charge < -0.3 is 9.47 Å². The number of carbonyl (C=O) groups is 2. The van der Waals surface area contributed by atoms with Gasteiger partial charge in [-0.3, -0.25) is 0 Å². The van der Waals surface area contributed by atoms with E-state index in [1.807, 2.05) is 13.8 Å². The lowest BCUT2D eigenvalue weighted by molar-refractivity contribution is 0.0459. The normalized spacial score (nSPS) is 10.2. The summed E-state index contributed by atoms with van der Waals surface area (Å²) in [5.74, 6) is -0.651. The van der Waals surface area contributed by atoms with E-state index in [2.05, 4.69) is 6.58 Å². The van der Waals surface area contributed by atoms with Crippen LogP contribution in [-0.2, 0) is 9.47 Å². The fourth-order valence-corrected chi connectivity index (χ4v) is 1.37. The summed E-state index contributed by atoms with van der Waals surface area (Å²) in [6, 6.07) is 6.31. The van der Waals surface area contributed by atoms with Gasteiger partial charge in [-0.2, -0.15) is 0 Å². The van der Waals surface area contributed by atoms with E-state index in [0.29, 0.717) is 17.7 Å². The van der Waals surface area contributed by atoms with Crippen molar-refractivity contribution in [2.24, 2.45) is 5.92 Å². The van der Waals surface area contributed by atoms with Crippen molar-refractivity contribution in [2.75, 3.05) is 13.2 Å². The number of esters is 2. The van der Waals surface area contributed by atoms with Gasteiger partial charge in [0.05, 0.1) is 17.7 Å². The van der Waals surface area contributed by atoms with Crippen LogP contribution in [0.5, 0.6) is 0 Å². The van der Waals surface area contributed by atoms with Crippen LogP contribution in [0.25, 0.3) is 0 Å². The van der Waals surface area contributed by atoms with E-state index in [1.54, 1.807) is 25.1 Å². The van der Waals surface area contributed by atoms with E-state index in [1.165, 1.54) is 6.07 Å². The SMILES string of the molecule is C=C(C)COC(=O)c1cccc(C(=O)OCC(C)C)c1. The first-order chi connectivity index (χ1) is 9.40. The first-order valence-electron chi connectivity index (χ1n) is 6.49. The van der Waals surface area contributed by atoms with E-state index in [9.17, 15) is 9.59 Å². The Bertz CT molecular complexity index is 503. The highest BCUT2D eigenvalue weighted by Gasteiger charge is 2.13. The van der Waals surface area contributed by atoms with Crippen molar-refractivity contribution in [1.82, 2.24) is 0 Å². The molecule has 0 N–H and O–H groups in total. The molecule has 0 aromatic heterocycles. The van der Waals surface area contributed by atoms with E-state index in [-0.39, 0.29) is 12.5 Å². The monoisotopic (exact) mass is 276 g/mol. The molecule has 0 heterocycles. The average Bonchev–Trinajstić information content (AvgIpc) is 2.42. The minimum absolute atomic E-state index is 0.168. The Hall–Kier alpha value is -2.10. The Morgan fingerprint density at radius 1 is 1.15 bits per heavy atom. The second-order valence-electron chi connectivity index (χ2n) is 5.11. The highest BCUT2D eigenvalue weighted by Crippen LogP contribution is 2.09. The van der Waals surface area contributed by atoms with Gasteiger partial charge in [-0.05, 0) is 36.6 Å². The summed E-state index contributed by atoms with van der Waals surface area (Å²) in [5.41, 5.74) is 1.42. The Morgan fingerprint density at radius 3 is 2.20 bits per heavy atom. The number of benzene rings is 1. The number of hydrogen-bond donors (Lipinski definition) is 0. The van der Waals surface area contributed by atoms with E-state index >= 15 is 0 Å². The van der Waals surface area contributed by atoms with E-state index in [4.69, 9.17) is 9.47 Å². The van der Waals surface area contributed by atoms with Gasteiger partial charge in [0.15, 0.2) is 0 Å². The Labute approximate surface area is 119 Å². The molecule has 20 heavy (non-hydrogen) atoms. The number of rotatable bonds is 6. The second kappa shape index (κ2) is 7.48. The third-order valence-corrected chi connectivity index (χ3v) is 2.33. The van der Waals surface area contributed by atoms with Crippen LogP contribution in [-0.4, -0.2) is 25.2 Å². The van der Waals surface area contributed by atoms with Crippen LogP contribution in [0.15, 0.2) is 36.4 Å². The van der Waals surface area contributed by atoms with Crippen molar-refractivity contribution in [1.29, 1.82) is 0 Å². The molecule has 0 aliphatic carbocycles. The Morgan fingerprint density at radius 2 is 1.70 bits per heavy atom. The second-order valence-corrected chi connectivity index (χ2v) is 5.11. The van der Waals surface area contributed by atoms with Crippen molar-refractivity contribution in [3.8, 4) is 0 Å². The molecular formula is C16H20O4. The van der Waals surface area contributed by atoms with Crippen LogP contribution in [0.4, 0.5) is 0 Å². The number of hydrogen-bond acceptors (Lipinski definition) is 4. The third kappa shape index (κ3) is 5.26. The molecule has 0 aliphatic heterocycles. The molecule has 1 aromatic carbocycles. The maximum absolute atomic E-state index is 11.8. The third-order valence-electron chi connectivity index (χ3n) is 2.33. The highest BCUT2D eigenvalue weighted by molar-refractivity contribution is 5.95. The van der Waals surface area contributed by atoms with Crippen molar-refractivity contribution in [3.05, 3.63) is 47.5 Å². The summed E-state index contributed by atoms with van der Waals surface area (Å²) in [7, 11) is 0. The predicted octanol–water partition coefficient (Wildman–Crippen LogP) is 3.23. The molecule has 1 aromatic rings. The fraction of sp³-hybridized carbons (Fsp3) is 0.375. The summed E-state index contributed by atoms with van der Waals surface area (Å²) in [6.07, 6.45) is 0. The van der Waals surface area contributed by atoms with Gasteiger partial charge in [-0.1, -0.05) is 26.5 Å². The number of carbonyl (C=O) groups excluding carboxylic acids is 2. The summed E-state index contributed by atoms with van der Waals surface area (Å²) in [6.45, 7) is 9.86. The smallest absolute Gasteiger partial charge is 0.338 e. The molecule has 0 fully saturated rings. The Balaban J connectivity index is 2.72. The largest absolute Gasteiger partial charge is 0.462 e. The van der Waals surface area contributed by atoms with Gasteiger partial charge in [-0.25, -0.2) is 9.59 Å². The van der Waals surface area contributed by atoms with Gasteiger partial charge >= 0.3 is 11.9 Å². The molecule has 0 spiro atoms. The zero-order valence-corrected chi connectivity index (χ0v) is 12.1. The minimum atomic E-state index is -0.480. The van der Waals surface area contributed by atoms with Gasteiger partial charge in [0.1, 0.15) is 6.61 Å². The zero-order chi connectivity index (χ0) is 15.1. The van der Waals surface area contributed by atoms with Gasteiger partial charge in [0.25, 0.3) is 0 Å². The lowest BCUT2D eigenvalue weighted by Crippen LogP contribution is -2.12. The maximum atomic E-state index is 11.8. The van der Waals surface area contributed by atoms with Crippen molar-refractivity contribution in [3.63, 3.8) is 0 Å². The summed E-state index contributed by atoms with van der Waals surface area (Å²) >= 11 is 0. The molecule has 0 bridgehead atoms. The van der Waals surface area contributed by atoms with Crippen molar-refractivity contribution >= 4 is 11.9 Å². The zero-order valence-electron chi connectivity index (χ0n) is 12.1. The number of ether oxygens (including phenoxy) is 2. The summed E-state index contributed by atoms with van der Waals surface area (Å²) in [4.78, 5) is 23.6. The van der Waals surface area contributed by atoms with Crippen LogP contribution in [0.3, 0.4) is 0 Å². The first kappa shape index (κ1) is 16.0. The van der Waals surface area contributed by atoms with Crippen LogP contribution in [0.2, 0.25) is 0 Å². The molecule has 0 atom stereocenters. The van der Waals surface area contributed by atoms with Gasteiger partial charge in [0, 0.05) is 0 Å². The molecule has 0 saturated carbocycles. The Kier molecular flexibility index (Phi) is 5.97. The van der Waals surface area contributed by atoms with Crippen molar-refractivity contribution in [2.45, 2.75) is 20.8 Å². The maximum Gasteiger partial charge on any atom is 0.338 e. The van der Waals surface area contributed by atoms with Crippen LogP contribution in [0, 0.1) is 5.92 Å². The summed E-state index contributed by atoms with van der Waals surface area (Å²) in [5, 5.41) is 0. The molecular weight excluding hydrogens is 256 g/mol. The standard InChI is InChI=1S/C16H20O4/c1-11(2)9-19-15(17)13-6-5-7-14(8-13)16(18)20-10-12(3)4/h5-8,12H,1,9-10H2,2-4H3. The van der Waals surface area contributed by atoms with E-state index in [0.717, 1.165) is 5.57 Å². The van der Waals surface area contributed by atoms with Crippen molar-refractivity contribution < 1.29 is 19.1 Å². The minimum Gasteiger partial charge on any atom is -0.462 e. The molecule has 0 radical (unpaired) electrons. The first-order valence-corrected chi connectivity index (χ1v) is 6.49. The summed E-state index contributed by atoms with van der Waals surface area (Å²) < 4.78 is 10.1. The molecule has 0 amide bonds. The fourth-order valence-electron chi connectivity index (χ4n) is 1.37. The van der Waals surface area contributed by atoms with E-state index < -0.39 is 11.9 Å². The molecule has 108 valence electrons. The molecule has 0 saturated heterocycles. The topological polar surface area (TPSA) is 52.6 Å². The molecule has 0 unspecified atom stereocenters. The van der Waals surface area contributed by atoms with Crippen LogP contribution >= 0.6 is 0 Å². The highest BCUT2D eigenvalue weighted by atomic mass is 16.5. The molecule has 4 heteroatoms. The van der Waals surface area contributed by atoms with Gasteiger partial charge in [0.2, 0.25) is 0 Å². The lowest BCUT2D eigenvalue weighted by Gasteiger charge is -2.08. The molecule has 1 rings (SSSR count). The quantitative estimate of drug-likeness (QED) is 0.591. The van der Waals surface area contributed by atoms with Gasteiger partial charge in [-0.15, -0.1) is 0 Å². The molecule has 0 aliphatic rings. The van der Waals surface area contributed by atoms with Crippen LogP contribution in [0.1, 0.15) is 41.5 Å². The van der Waals surface area contributed by atoms with Crippen LogP contribution < -0.4 is 0 Å². The average molecular weight is 276 g/mol.